The van der Waals surface area contributed by atoms with Crippen LogP contribution in [0.4, 0.5) is 36.4 Å². The van der Waals surface area contributed by atoms with Crippen LogP contribution in [0.1, 0.15) is 25.5 Å². The van der Waals surface area contributed by atoms with Gasteiger partial charge in [0.25, 0.3) is 0 Å². The average Bonchev–Trinajstić information content (AvgIpc) is 3.61. The number of nitrogens with two attached hydrogens (primary N) is 1. The molecule has 2 aromatic heterocycles. The van der Waals surface area contributed by atoms with Crippen molar-refractivity contribution < 1.29 is 28.1 Å². The monoisotopic (exact) mass is 524 g/mol. The Bertz CT molecular complexity index is 1050. The van der Waals surface area contributed by atoms with Gasteiger partial charge in [-0.1, -0.05) is 6.92 Å². The first kappa shape index (κ1) is 26.9. The van der Waals surface area contributed by atoms with Crippen molar-refractivity contribution in [3.8, 4) is 0 Å². The smallest absolute Gasteiger partial charge is 0.378 e. The Hall–Kier alpha value is -3.10. The Morgan fingerprint density at radius 3 is 2.68 bits per heavy atom. The van der Waals surface area contributed by atoms with Crippen LogP contribution in [0, 0.1) is 5.41 Å². The van der Waals surface area contributed by atoms with Crippen LogP contribution >= 0.6 is 0 Å². The zero-order valence-corrected chi connectivity index (χ0v) is 20.8. The second-order valence-corrected chi connectivity index (χ2v) is 9.48. The number of hydrogen-bond donors (Lipinski definition) is 4. The number of aromatic nitrogens is 4. The molecule has 1 saturated carbocycles. The number of piperazine rings is 1. The molecule has 5 N–H and O–H groups in total. The SMILES string of the molecule is CC1(COCC(=[NH2+])c2nc(N3CCNCC3)nc(Nc3ccncn3)c2NCCOCC(F)(F)F)CC1. The molecule has 1 saturated heterocycles. The van der Waals surface area contributed by atoms with E-state index in [1.54, 1.807) is 12.3 Å². The molecule has 2 aromatic rings. The summed E-state index contributed by atoms with van der Waals surface area (Å²) in [6, 6.07) is 1.68. The minimum absolute atomic E-state index is 0.0735. The lowest BCUT2D eigenvalue weighted by atomic mass is 10.1. The molecule has 14 heteroatoms. The lowest BCUT2D eigenvalue weighted by molar-refractivity contribution is -0.172. The summed E-state index contributed by atoms with van der Waals surface area (Å²) in [5.41, 5.74) is 1.41. The molecule has 37 heavy (non-hydrogen) atoms. The van der Waals surface area contributed by atoms with E-state index in [2.05, 4.69) is 32.8 Å². The molecule has 2 fully saturated rings. The number of rotatable bonds is 13. The van der Waals surface area contributed by atoms with Crippen LogP contribution < -0.4 is 26.3 Å². The molecular weight excluding hydrogens is 491 g/mol. The van der Waals surface area contributed by atoms with E-state index in [0.29, 0.717) is 54.4 Å². The van der Waals surface area contributed by atoms with Crippen LogP contribution in [-0.4, -0.2) is 91.0 Å². The van der Waals surface area contributed by atoms with Crippen molar-refractivity contribution in [1.29, 1.82) is 0 Å². The molecule has 11 nitrogen and oxygen atoms in total. The lowest BCUT2D eigenvalue weighted by Gasteiger charge is -2.28. The Kier molecular flexibility index (Phi) is 8.71. The molecule has 1 aliphatic carbocycles. The summed E-state index contributed by atoms with van der Waals surface area (Å²) in [6.07, 6.45) is 0.815. The summed E-state index contributed by atoms with van der Waals surface area (Å²) >= 11 is 0. The highest BCUT2D eigenvalue weighted by Crippen LogP contribution is 2.45. The molecule has 0 aromatic carbocycles. The van der Waals surface area contributed by atoms with Crippen LogP contribution in [0.25, 0.3) is 0 Å². The normalized spacial score (nSPS) is 16.9. The molecule has 4 rings (SSSR count). The summed E-state index contributed by atoms with van der Waals surface area (Å²) < 4.78 is 48.1. The van der Waals surface area contributed by atoms with Gasteiger partial charge in [-0.15, -0.1) is 0 Å². The zero-order chi connectivity index (χ0) is 26.3. The Morgan fingerprint density at radius 2 is 2.00 bits per heavy atom. The van der Waals surface area contributed by atoms with E-state index >= 15 is 0 Å². The summed E-state index contributed by atoms with van der Waals surface area (Å²) in [4.78, 5) is 19.7. The van der Waals surface area contributed by atoms with Crippen LogP contribution in [0.3, 0.4) is 0 Å². The fourth-order valence-electron chi connectivity index (χ4n) is 3.70. The van der Waals surface area contributed by atoms with E-state index in [-0.39, 0.29) is 25.2 Å². The van der Waals surface area contributed by atoms with Gasteiger partial charge in [0.2, 0.25) is 11.7 Å². The molecule has 0 amide bonds. The van der Waals surface area contributed by atoms with Crippen molar-refractivity contribution in [2.75, 3.05) is 74.7 Å². The maximum absolute atomic E-state index is 12.5. The number of nitrogens with zero attached hydrogens (tertiary/aromatic N) is 5. The van der Waals surface area contributed by atoms with Crippen molar-refractivity contribution in [3.63, 3.8) is 0 Å². The zero-order valence-electron chi connectivity index (χ0n) is 20.8. The molecule has 0 bridgehead atoms. The van der Waals surface area contributed by atoms with Crippen molar-refractivity contribution in [2.45, 2.75) is 25.9 Å². The first-order valence-corrected chi connectivity index (χ1v) is 12.2. The number of anilines is 4. The third kappa shape index (κ3) is 8.20. The Labute approximate surface area is 213 Å². The molecule has 2 aliphatic rings. The molecule has 0 spiro atoms. The highest BCUT2D eigenvalue weighted by Gasteiger charge is 2.37. The van der Waals surface area contributed by atoms with Crippen molar-refractivity contribution in [2.24, 2.45) is 5.41 Å². The standard InChI is InChI=1S/C23H32F3N9O2/c1-22(3-4-22)13-37-12-16(27)18-19(30-8-11-36-14-23(24,25)26)20(32-17-2-5-29-15-31-17)34-21(33-18)35-9-6-28-7-10-35/h2,5,15,27-28,30H,3-4,6-14H2,1H3,(H,29,31,32,33,34)/p+1. The van der Waals surface area contributed by atoms with E-state index in [4.69, 9.17) is 24.9 Å². The van der Waals surface area contributed by atoms with Gasteiger partial charge in [-0.2, -0.15) is 18.2 Å². The third-order valence-corrected chi connectivity index (χ3v) is 6.06. The first-order valence-electron chi connectivity index (χ1n) is 12.2. The van der Waals surface area contributed by atoms with Crippen LogP contribution in [-0.2, 0) is 9.47 Å². The Morgan fingerprint density at radius 1 is 1.22 bits per heavy atom. The molecule has 1 aliphatic heterocycles. The fraction of sp³-hybridized carbons (Fsp3) is 0.609. The largest absolute Gasteiger partial charge is 0.411 e. The summed E-state index contributed by atoms with van der Waals surface area (Å²) in [7, 11) is 0. The van der Waals surface area contributed by atoms with Gasteiger partial charge >= 0.3 is 6.18 Å². The molecule has 3 heterocycles. The number of nitrogens with one attached hydrogen (secondary N) is 3. The van der Waals surface area contributed by atoms with Gasteiger partial charge in [0.05, 0.1) is 13.2 Å². The van der Waals surface area contributed by atoms with E-state index in [0.717, 1.165) is 25.9 Å². The summed E-state index contributed by atoms with van der Waals surface area (Å²) in [6.45, 7) is 4.45. The van der Waals surface area contributed by atoms with Gasteiger partial charge in [-0.25, -0.2) is 15.0 Å². The van der Waals surface area contributed by atoms with Crippen LogP contribution in [0.5, 0.6) is 0 Å². The van der Waals surface area contributed by atoms with Crippen molar-refractivity contribution in [3.05, 3.63) is 24.3 Å². The average molecular weight is 525 g/mol. The summed E-state index contributed by atoms with van der Waals surface area (Å²) in [5, 5.41) is 16.1. The second kappa shape index (κ2) is 12.0. The fourth-order valence-corrected chi connectivity index (χ4v) is 3.70. The second-order valence-electron chi connectivity index (χ2n) is 9.48. The highest BCUT2D eigenvalue weighted by molar-refractivity contribution is 6.02. The van der Waals surface area contributed by atoms with Crippen molar-refractivity contribution in [1.82, 2.24) is 25.3 Å². The van der Waals surface area contributed by atoms with Gasteiger partial charge in [0, 0.05) is 38.9 Å². The number of hydrogen-bond acceptors (Lipinski definition) is 10. The van der Waals surface area contributed by atoms with Crippen molar-refractivity contribution >= 4 is 29.0 Å². The van der Waals surface area contributed by atoms with E-state index in [1.807, 2.05) is 4.90 Å². The van der Waals surface area contributed by atoms with E-state index < -0.39 is 12.8 Å². The predicted octanol–water partition coefficient (Wildman–Crippen LogP) is 0.776. The maximum Gasteiger partial charge on any atom is 0.411 e. The van der Waals surface area contributed by atoms with Crippen LogP contribution in [0.2, 0.25) is 0 Å². The lowest BCUT2D eigenvalue weighted by Crippen LogP contribution is -2.46. The topological polar surface area (TPSA) is 135 Å². The van der Waals surface area contributed by atoms with E-state index in [1.165, 1.54) is 6.33 Å². The Balaban J connectivity index is 1.60. The predicted molar refractivity (Wildman–Crippen MR) is 132 cm³/mol. The minimum atomic E-state index is -4.40. The minimum Gasteiger partial charge on any atom is -0.378 e. The number of halogens is 3. The van der Waals surface area contributed by atoms with Gasteiger partial charge < -0.3 is 30.3 Å². The quantitative estimate of drug-likeness (QED) is 0.220. The molecular formula is C23H33F3N9O2+. The molecule has 0 unspecified atom stereocenters. The molecule has 202 valence electrons. The van der Waals surface area contributed by atoms with Crippen LogP contribution in [0.15, 0.2) is 18.6 Å². The third-order valence-electron chi connectivity index (χ3n) is 6.06. The molecule has 0 radical (unpaired) electrons. The maximum atomic E-state index is 12.5. The van der Waals surface area contributed by atoms with Gasteiger partial charge in [-0.3, -0.25) is 5.41 Å². The van der Waals surface area contributed by atoms with Gasteiger partial charge in [0.15, 0.2) is 11.5 Å². The first-order chi connectivity index (χ1) is 17.7. The summed E-state index contributed by atoms with van der Waals surface area (Å²) in [5.74, 6) is 1.34. The molecule has 0 atom stereocenters. The number of alkyl halides is 3. The number of ether oxygens (including phenoxy) is 2. The highest BCUT2D eigenvalue weighted by atomic mass is 19.4. The van der Waals surface area contributed by atoms with Gasteiger partial charge in [0.1, 0.15) is 31.0 Å². The van der Waals surface area contributed by atoms with Gasteiger partial charge in [-0.05, 0) is 24.3 Å². The van der Waals surface area contributed by atoms with E-state index in [9.17, 15) is 13.2 Å².